The fourth-order valence-corrected chi connectivity index (χ4v) is 2.44. The van der Waals surface area contributed by atoms with Crippen LogP contribution in [0.15, 0.2) is 0 Å². The Labute approximate surface area is 111 Å². The second-order valence-corrected chi connectivity index (χ2v) is 5.72. The highest BCUT2D eigenvalue weighted by Crippen LogP contribution is 2.23. The molecule has 0 spiro atoms. The first kappa shape index (κ1) is 15.3. The summed E-state index contributed by atoms with van der Waals surface area (Å²) in [6.45, 7) is 6.99. The largest absolute Gasteiger partial charge is 0.393 e. The Morgan fingerprint density at radius 1 is 1.39 bits per heavy atom. The lowest BCUT2D eigenvalue weighted by Gasteiger charge is -2.26. The van der Waals surface area contributed by atoms with Crippen molar-refractivity contribution < 1.29 is 9.90 Å². The molecule has 0 radical (unpaired) electrons. The molecule has 0 saturated heterocycles. The van der Waals surface area contributed by atoms with Gasteiger partial charge in [0.05, 0.1) is 6.10 Å². The Hall–Kier alpha value is -0.770. The van der Waals surface area contributed by atoms with Crippen LogP contribution in [-0.4, -0.2) is 29.8 Å². The van der Waals surface area contributed by atoms with Gasteiger partial charge in [0, 0.05) is 12.6 Å². The maximum atomic E-state index is 11.7. The Morgan fingerprint density at radius 3 is 2.72 bits per heavy atom. The summed E-state index contributed by atoms with van der Waals surface area (Å²) in [6, 6.07) is 0.120. The van der Waals surface area contributed by atoms with Crippen molar-refractivity contribution in [3.63, 3.8) is 0 Å². The summed E-state index contributed by atoms with van der Waals surface area (Å²) in [5.41, 5.74) is 0. The lowest BCUT2D eigenvalue weighted by Crippen LogP contribution is -2.45. The molecule has 2 amide bonds. The highest BCUT2D eigenvalue weighted by molar-refractivity contribution is 5.74. The summed E-state index contributed by atoms with van der Waals surface area (Å²) in [5, 5.41) is 15.5. The smallest absolute Gasteiger partial charge is 0.315 e. The predicted octanol–water partition coefficient (Wildman–Crippen LogP) is 2.27. The van der Waals surface area contributed by atoms with Crippen molar-refractivity contribution in [1.29, 1.82) is 0 Å². The molecule has 4 heteroatoms. The van der Waals surface area contributed by atoms with Crippen molar-refractivity contribution in [2.45, 2.75) is 65.0 Å². The van der Waals surface area contributed by atoms with Gasteiger partial charge in [0.1, 0.15) is 0 Å². The Morgan fingerprint density at radius 2 is 2.11 bits per heavy atom. The molecule has 1 saturated carbocycles. The van der Waals surface area contributed by atoms with Gasteiger partial charge in [-0.3, -0.25) is 0 Å². The molecule has 4 unspecified atom stereocenters. The van der Waals surface area contributed by atoms with E-state index >= 15 is 0 Å². The monoisotopic (exact) mass is 256 g/mol. The summed E-state index contributed by atoms with van der Waals surface area (Å²) in [6.07, 6.45) is 4.80. The quantitative estimate of drug-likeness (QED) is 0.706. The van der Waals surface area contributed by atoms with Crippen LogP contribution in [0.2, 0.25) is 0 Å². The molecule has 0 heterocycles. The van der Waals surface area contributed by atoms with Crippen molar-refractivity contribution in [2.24, 2.45) is 11.8 Å². The minimum atomic E-state index is -0.173. The molecule has 1 rings (SSSR count). The molecule has 18 heavy (non-hydrogen) atoms. The normalized spacial score (nSPS) is 27.3. The fourth-order valence-electron chi connectivity index (χ4n) is 2.44. The van der Waals surface area contributed by atoms with Crippen LogP contribution in [0.3, 0.4) is 0 Å². The van der Waals surface area contributed by atoms with Crippen LogP contribution in [-0.2, 0) is 0 Å². The van der Waals surface area contributed by atoms with Gasteiger partial charge in [-0.1, -0.05) is 26.7 Å². The van der Waals surface area contributed by atoms with Gasteiger partial charge in [0.2, 0.25) is 0 Å². The molecule has 106 valence electrons. The molecule has 4 nitrogen and oxygen atoms in total. The van der Waals surface area contributed by atoms with Crippen LogP contribution >= 0.6 is 0 Å². The minimum absolute atomic E-state index is 0.0807. The van der Waals surface area contributed by atoms with Gasteiger partial charge in [-0.15, -0.1) is 0 Å². The third kappa shape index (κ3) is 5.25. The van der Waals surface area contributed by atoms with E-state index in [-0.39, 0.29) is 18.2 Å². The standard InChI is InChI=1S/C14H28N2O2/c1-4-10(2)11(3)16-14(18)15-9-12-6-5-7-13(17)8-12/h10-13,17H,4-9H2,1-3H3,(H2,15,16,18). The molecule has 0 aromatic rings. The minimum Gasteiger partial charge on any atom is -0.393 e. The SMILES string of the molecule is CCC(C)C(C)NC(=O)NCC1CCCC(O)C1. The molecular formula is C14H28N2O2. The number of carbonyl (C=O) groups is 1. The Kier molecular flexibility index (Phi) is 6.47. The Balaban J connectivity index is 2.20. The molecule has 1 aliphatic carbocycles. The molecule has 0 aromatic heterocycles. The van der Waals surface area contributed by atoms with Gasteiger partial charge in [-0.2, -0.15) is 0 Å². The first-order valence-electron chi connectivity index (χ1n) is 7.25. The fraction of sp³-hybridized carbons (Fsp3) is 0.929. The number of urea groups is 1. The summed E-state index contributed by atoms with van der Waals surface area (Å²) in [5.74, 6) is 0.922. The zero-order valence-corrected chi connectivity index (χ0v) is 11.9. The summed E-state index contributed by atoms with van der Waals surface area (Å²) < 4.78 is 0. The third-order valence-electron chi connectivity index (χ3n) is 4.16. The van der Waals surface area contributed by atoms with Gasteiger partial charge >= 0.3 is 6.03 Å². The van der Waals surface area contributed by atoms with Gasteiger partial charge in [-0.05, 0) is 38.0 Å². The summed E-state index contributed by atoms with van der Waals surface area (Å²) >= 11 is 0. The zero-order chi connectivity index (χ0) is 13.5. The van der Waals surface area contributed by atoms with Gasteiger partial charge in [-0.25, -0.2) is 4.79 Å². The average molecular weight is 256 g/mol. The van der Waals surface area contributed by atoms with Crippen LogP contribution in [0, 0.1) is 11.8 Å². The van der Waals surface area contributed by atoms with Gasteiger partial charge < -0.3 is 15.7 Å². The van der Waals surface area contributed by atoms with Gasteiger partial charge in [0.25, 0.3) is 0 Å². The number of rotatable bonds is 5. The van der Waals surface area contributed by atoms with E-state index in [2.05, 4.69) is 24.5 Å². The number of hydrogen-bond acceptors (Lipinski definition) is 2. The van der Waals surface area contributed by atoms with Crippen molar-refractivity contribution in [1.82, 2.24) is 10.6 Å². The number of nitrogens with one attached hydrogen (secondary N) is 2. The summed E-state index contributed by atoms with van der Waals surface area (Å²) in [4.78, 5) is 11.7. The molecule has 0 aromatic carbocycles. The van der Waals surface area contributed by atoms with Crippen LogP contribution in [0.4, 0.5) is 4.79 Å². The maximum Gasteiger partial charge on any atom is 0.315 e. The molecule has 1 aliphatic rings. The molecule has 1 fully saturated rings. The topological polar surface area (TPSA) is 61.4 Å². The van der Waals surface area contributed by atoms with E-state index in [1.54, 1.807) is 0 Å². The zero-order valence-electron chi connectivity index (χ0n) is 11.9. The third-order valence-corrected chi connectivity index (χ3v) is 4.16. The highest BCUT2D eigenvalue weighted by atomic mass is 16.3. The van der Waals surface area contributed by atoms with Crippen molar-refractivity contribution in [3.8, 4) is 0 Å². The highest BCUT2D eigenvalue weighted by Gasteiger charge is 2.21. The molecule has 0 bridgehead atoms. The van der Waals surface area contributed by atoms with E-state index in [4.69, 9.17) is 0 Å². The van der Waals surface area contributed by atoms with Crippen LogP contribution in [0.25, 0.3) is 0 Å². The number of aliphatic hydroxyl groups excluding tert-OH is 1. The van der Waals surface area contributed by atoms with E-state index in [1.807, 2.05) is 6.92 Å². The average Bonchev–Trinajstić information content (AvgIpc) is 2.35. The van der Waals surface area contributed by atoms with E-state index < -0.39 is 0 Å². The molecule has 3 N–H and O–H groups in total. The van der Waals surface area contributed by atoms with E-state index in [0.29, 0.717) is 18.4 Å². The summed E-state index contributed by atoms with van der Waals surface area (Å²) in [7, 11) is 0. The molecular weight excluding hydrogens is 228 g/mol. The van der Waals surface area contributed by atoms with Crippen LogP contribution in [0.1, 0.15) is 52.9 Å². The number of aliphatic hydroxyl groups is 1. The molecule has 4 atom stereocenters. The van der Waals surface area contributed by atoms with Crippen molar-refractivity contribution in [3.05, 3.63) is 0 Å². The second kappa shape index (κ2) is 7.62. The van der Waals surface area contributed by atoms with Crippen LogP contribution in [0.5, 0.6) is 0 Å². The number of amides is 2. The number of carbonyl (C=O) groups excluding carboxylic acids is 1. The van der Waals surface area contributed by atoms with E-state index in [1.165, 1.54) is 0 Å². The second-order valence-electron chi connectivity index (χ2n) is 5.72. The lowest BCUT2D eigenvalue weighted by molar-refractivity contribution is 0.101. The first-order chi connectivity index (χ1) is 8.52. The van der Waals surface area contributed by atoms with E-state index in [0.717, 1.165) is 32.1 Å². The Bertz CT molecular complexity index is 258. The maximum absolute atomic E-state index is 11.7. The molecule has 0 aliphatic heterocycles. The number of hydrogen-bond donors (Lipinski definition) is 3. The lowest BCUT2D eigenvalue weighted by atomic mass is 9.87. The predicted molar refractivity (Wildman–Crippen MR) is 73.4 cm³/mol. The van der Waals surface area contributed by atoms with Crippen molar-refractivity contribution in [2.75, 3.05) is 6.54 Å². The van der Waals surface area contributed by atoms with Crippen molar-refractivity contribution >= 4 is 6.03 Å². The van der Waals surface area contributed by atoms with Crippen LogP contribution < -0.4 is 10.6 Å². The first-order valence-corrected chi connectivity index (χ1v) is 7.25. The van der Waals surface area contributed by atoms with Gasteiger partial charge in [0.15, 0.2) is 0 Å². The van der Waals surface area contributed by atoms with E-state index in [9.17, 15) is 9.90 Å².